The first-order valence-electron chi connectivity index (χ1n) is 7.01. The fourth-order valence-electron chi connectivity index (χ4n) is 2.57. The predicted octanol–water partition coefficient (Wildman–Crippen LogP) is 2.30. The molecule has 0 unspecified atom stereocenters. The van der Waals surface area contributed by atoms with E-state index in [1.54, 1.807) is 11.3 Å². The van der Waals surface area contributed by atoms with Crippen molar-refractivity contribution in [3.05, 3.63) is 29.3 Å². The highest BCUT2D eigenvalue weighted by atomic mass is 32.1. The number of thiazole rings is 1. The molecular formula is C15H19N3OS. The number of benzene rings is 1. The molecule has 106 valence electrons. The molecular weight excluding hydrogens is 270 g/mol. The first kappa shape index (κ1) is 13.5. The fraction of sp³-hybridized carbons (Fsp3) is 0.467. The number of piperidine rings is 1. The molecule has 0 aliphatic carbocycles. The molecule has 0 saturated carbocycles. The van der Waals surface area contributed by atoms with Crippen molar-refractivity contribution in [2.24, 2.45) is 5.41 Å². The topological polar surface area (TPSA) is 54.0 Å². The molecule has 3 rings (SSSR count). The van der Waals surface area contributed by atoms with Crippen LogP contribution in [-0.2, 0) is 11.3 Å². The quantitative estimate of drug-likeness (QED) is 0.911. The van der Waals surface area contributed by atoms with Crippen LogP contribution in [0.2, 0.25) is 0 Å². The molecule has 2 aromatic rings. The van der Waals surface area contributed by atoms with Gasteiger partial charge in [-0.1, -0.05) is 19.1 Å². The van der Waals surface area contributed by atoms with E-state index in [9.17, 15) is 4.79 Å². The molecule has 1 aliphatic heterocycles. The van der Waals surface area contributed by atoms with E-state index in [0.717, 1.165) is 36.5 Å². The average molecular weight is 289 g/mol. The molecule has 0 atom stereocenters. The molecule has 2 N–H and O–H groups in total. The Kier molecular flexibility index (Phi) is 3.72. The second-order valence-electron chi connectivity index (χ2n) is 5.57. The third-order valence-electron chi connectivity index (χ3n) is 3.99. The summed E-state index contributed by atoms with van der Waals surface area (Å²) in [4.78, 5) is 16.9. The van der Waals surface area contributed by atoms with Crippen LogP contribution in [0.15, 0.2) is 24.3 Å². The van der Waals surface area contributed by atoms with Crippen LogP contribution in [0.1, 0.15) is 24.8 Å². The first-order valence-corrected chi connectivity index (χ1v) is 7.82. The number of fused-ring (bicyclic) bond motifs is 1. The Morgan fingerprint density at radius 3 is 2.90 bits per heavy atom. The number of hydrogen-bond donors (Lipinski definition) is 2. The van der Waals surface area contributed by atoms with E-state index in [2.05, 4.69) is 28.6 Å². The Balaban J connectivity index is 1.65. The van der Waals surface area contributed by atoms with Crippen molar-refractivity contribution in [2.45, 2.75) is 26.3 Å². The minimum atomic E-state index is -0.234. The Morgan fingerprint density at radius 1 is 1.40 bits per heavy atom. The monoisotopic (exact) mass is 289 g/mol. The Bertz CT molecular complexity index is 583. The van der Waals surface area contributed by atoms with Crippen molar-refractivity contribution in [2.75, 3.05) is 13.1 Å². The van der Waals surface area contributed by atoms with Gasteiger partial charge >= 0.3 is 0 Å². The summed E-state index contributed by atoms with van der Waals surface area (Å²) in [7, 11) is 0. The van der Waals surface area contributed by atoms with Gasteiger partial charge in [0, 0.05) is 5.41 Å². The van der Waals surface area contributed by atoms with Crippen LogP contribution in [-0.4, -0.2) is 24.0 Å². The maximum atomic E-state index is 12.3. The van der Waals surface area contributed by atoms with Crippen LogP contribution in [0.4, 0.5) is 0 Å². The molecule has 0 radical (unpaired) electrons. The first-order chi connectivity index (χ1) is 9.67. The number of nitrogens with zero attached hydrogens (tertiary/aromatic N) is 1. The largest absolute Gasteiger partial charge is 0.349 e. The zero-order valence-corrected chi connectivity index (χ0v) is 12.4. The van der Waals surface area contributed by atoms with Gasteiger partial charge < -0.3 is 10.6 Å². The molecule has 4 nitrogen and oxygen atoms in total. The fourth-order valence-corrected chi connectivity index (χ4v) is 3.48. The maximum absolute atomic E-state index is 12.3. The van der Waals surface area contributed by atoms with E-state index in [-0.39, 0.29) is 11.3 Å². The number of rotatable bonds is 3. The molecule has 1 aliphatic rings. The molecule has 1 aromatic heterocycles. The van der Waals surface area contributed by atoms with Gasteiger partial charge in [0.15, 0.2) is 0 Å². The summed E-state index contributed by atoms with van der Waals surface area (Å²) in [5.41, 5.74) is 0.775. The standard InChI is InChI=1S/C15H19N3OS/c1-15(6-8-16-9-7-15)14(19)17-10-13-18-11-4-2-3-5-12(11)20-13/h2-5,16H,6-10H2,1H3,(H,17,19). The average Bonchev–Trinajstić information content (AvgIpc) is 2.88. The van der Waals surface area contributed by atoms with Gasteiger partial charge in [0.25, 0.3) is 0 Å². The SMILES string of the molecule is CC1(C(=O)NCc2nc3ccccc3s2)CCNCC1. The van der Waals surface area contributed by atoms with Gasteiger partial charge in [0.1, 0.15) is 5.01 Å². The number of para-hydroxylation sites is 1. The summed E-state index contributed by atoms with van der Waals surface area (Å²) in [6, 6.07) is 8.07. The second-order valence-corrected chi connectivity index (χ2v) is 6.68. The van der Waals surface area contributed by atoms with Gasteiger partial charge in [0.2, 0.25) is 5.91 Å². The van der Waals surface area contributed by atoms with Crippen LogP contribution in [0.3, 0.4) is 0 Å². The van der Waals surface area contributed by atoms with E-state index >= 15 is 0 Å². The summed E-state index contributed by atoms with van der Waals surface area (Å²) >= 11 is 1.65. The minimum Gasteiger partial charge on any atom is -0.349 e. The zero-order chi connectivity index (χ0) is 14.0. The zero-order valence-electron chi connectivity index (χ0n) is 11.6. The minimum absolute atomic E-state index is 0.151. The van der Waals surface area contributed by atoms with Gasteiger partial charge in [-0.15, -0.1) is 11.3 Å². The van der Waals surface area contributed by atoms with E-state index in [1.807, 2.05) is 18.2 Å². The van der Waals surface area contributed by atoms with Gasteiger partial charge in [-0.25, -0.2) is 4.98 Å². The number of amides is 1. The van der Waals surface area contributed by atoms with Crippen LogP contribution in [0.5, 0.6) is 0 Å². The normalized spacial score (nSPS) is 18.1. The lowest BCUT2D eigenvalue weighted by atomic mass is 9.80. The highest BCUT2D eigenvalue weighted by Gasteiger charge is 2.34. The molecule has 2 heterocycles. The van der Waals surface area contributed by atoms with Crippen molar-refractivity contribution in [1.82, 2.24) is 15.6 Å². The Labute approximate surface area is 122 Å². The van der Waals surface area contributed by atoms with E-state index in [4.69, 9.17) is 0 Å². The Morgan fingerprint density at radius 2 is 2.15 bits per heavy atom. The molecule has 1 aromatic carbocycles. The van der Waals surface area contributed by atoms with Gasteiger partial charge in [-0.2, -0.15) is 0 Å². The lowest BCUT2D eigenvalue weighted by Crippen LogP contribution is -2.45. The highest BCUT2D eigenvalue weighted by Crippen LogP contribution is 2.28. The van der Waals surface area contributed by atoms with Crippen molar-refractivity contribution in [1.29, 1.82) is 0 Å². The number of hydrogen-bond acceptors (Lipinski definition) is 4. The molecule has 0 bridgehead atoms. The molecule has 1 fully saturated rings. The molecule has 20 heavy (non-hydrogen) atoms. The third-order valence-corrected chi connectivity index (χ3v) is 5.03. The molecule has 0 spiro atoms. The van der Waals surface area contributed by atoms with Crippen LogP contribution >= 0.6 is 11.3 Å². The summed E-state index contributed by atoms with van der Waals surface area (Å²) in [5, 5.41) is 7.32. The number of carbonyl (C=O) groups is 1. The number of carbonyl (C=O) groups excluding carboxylic acids is 1. The van der Waals surface area contributed by atoms with Crippen molar-refractivity contribution >= 4 is 27.5 Å². The van der Waals surface area contributed by atoms with E-state index in [0.29, 0.717) is 6.54 Å². The lowest BCUT2D eigenvalue weighted by molar-refractivity contribution is -0.131. The van der Waals surface area contributed by atoms with Crippen molar-refractivity contribution in [3.8, 4) is 0 Å². The van der Waals surface area contributed by atoms with Crippen LogP contribution < -0.4 is 10.6 Å². The molecule has 5 heteroatoms. The smallest absolute Gasteiger partial charge is 0.226 e. The van der Waals surface area contributed by atoms with Gasteiger partial charge in [-0.3, -0.25) is 4.79 Å². The summed E-state index contributed by atoms with van der Waals surface area (Å²) in [6.07, 6.45) is 1.80. The van der Waals surface area contributed by atoms with E-state index in [1.165, 1.54) is 4.70 Å². The second kappa shape index (κ2) is 5.50. The number of aromatic nitrogens is 1. The van der Waals surface area contributed by atoms with Crippen molar-refractivity contribution < 1.29 is 4.79 Å². The number of nitrogens with one attached hydrogen (secondary N) is 2. The third kappa shape index (κ3) is 2.69. The van der Waals surface area contributed by atoms with Crippen LogP contribution in [0.25, 0.3) is 10.2 Å². The van der Waals surface area contributed by atoms with Gasteiger partial charge in [0.05, 0.1) is 16.8 Å². The molecule has 1 saturated heterocycles. The summed E-state index contributed by atoms with van der Waals surface area (Å²) < 4.78 is 1.17. The maximum Gasteiger partial charge on any atom is 0.226 e. The van der Waals surface area contributed by atoms with Crippen LogP contribution in [0, 0.1) is 5.41 Å². The lowest BCUT2D eigenvalue weighted by Gasteiger charge is -2.32. The summed E-state index contributed by atoms with van der Waals surface area (Å²) in [5.74, 6) is 0.151. The van der Waals surface area contributed by atoms with Gasteiger partial charge in [-0.05, 0) is 38.1 Å². The van der Waals surface area contributed by atoms with Crippen molar-refractivity contribution in [3.63, 3.8) is 0 Å². The predicted molar refractivity (Wildman–Crippen MR) is 81.7 cm³/mol. The Hall–Kier alpha value is -1.46. The molecule has 1 amide bonds. The highest BCUT2D eigenvalue weighted by molar-refractivity contribution is 7.18. The summed E-state index contributed by atoms with van der Waals surface area (Å²) in [6.45, 7) is 4.43. The van der Waals surface area contributed by atoms with E-state index < -0.39 is 0 Å².